The Morgan fingerprint density at radius 2 is 1.92 bits per heavy atom. The monoisotopic (exact) mass is 386 g/mol. The van der Waals surface area contributed by atoms with Crippen molar-refractivity contribution in [2.45, 2.75) is 26.2 Å². The van der Waals surface area contributed by atoms with Gasteiger partial charge < -0.3 is 4.74 Å². The summed E-state index contributed by atoms with van der Waals surface area (Å²) >= 11 is 17.3. The van der Waals surface area contributed by atoms with E-state index in [1.807, 2.05) is 20.8 Å². The number of rotatable bonds is 3. The zero-order valence-electron chi connectivity index (χ0n) is 13.6. The highest BCUT2D eigenvalue weighted by Crippen LogP contribution is 2.33. The molecule has 128 valence electrons. The number of methoxy groups -OCH3 is 1. The smallest absolute Gasteiger partial charge is 0.297 e. The highest BCUT2D eigenvalue weighted by atomic mass is 35.5. The second-order valence-electron chi connectivity index (χ2n) is 6.01. The third-order valence-electron chi connectivity index (χ3n) is 3.11. The predicted octanol–water partition coefficient (Wildman–Crippen LogP) is 3.80. The minimum atomic E-state index is -0.444. The molecule has 1 aromatic carbocycles. The summed E-state index contributed by atoms with van der Waals surface area (Å²) in [5.74, 6) is 0.379. The fourth-order valence-electron chi connectivity index (χ4n) is 1.96. The number of nitrogens with one attached hydrogen (secondary N) is 1. The van der Waals surface area contributed by atoms with Crippen LogP contribution in [0.25, 0.3) is 0 Å². The van der Waals surface area contributed by atoms with Crippen molar-refractivity contribution in [2.24, 2.45) is 5.10 Å². The molecule has 24 heavy (non-hydrogen) atoms. The van der Waals surface area contributed by atoms with Gasteiger partial charge in [-0.25, -0.2) is 0 Å². The van der Waals surface area contributed by atoms with Gasteiger partial charge >= 0.3 is 0 Å². The summed E-state index contributed by atoms with van der Waals surface area (Å²) in [6.07, 6.45) is 1.44. The molecule has 0 fully saturated rings. The quantitative estimate of drug-likeness (QED) is 0.643. The number of aromatic amines is 1. The second-order valence-corrected chi connectivity index (χ2v) is 7.21. The first kappa shape index (κ1) is 18.6. The molecule has 0 aliphatic heterocycles. The number of ether oxygens (including phenoxy) is 1. The van der Waals surface area contributed by atoms with Gasteiger partial charge in [-0.3, -0.25) is 9.89 Å². The largest absolute Gasteiger partial charge is 0.494 e. The summed E-state index contributed by atoms with van der Waals surface area (Å²) in [4.78, 5) is 12.5. The summed E-state index contributed by atoms with van der Waals surface area (Å²) in [7, 11) is 1.48. The Morgan fingerprint density at radius 1 is 1.33 bits per heavy atom. The Hall–Kier alpha value is -1.70. The van der Waals surface area contributed by atoms with Crippen LogP contribution in [0.1, 0.15) is 32.0 Å². The van der Waals surface area contributed by atoms with Crippen molar-refractivity contribution in [1.29, 1.82) is 0 Å². The molecule has 0 atom stereocenters. The normalized spacial score (nSPS) is 11.9. The molecule has 0 saturated carbocycles. The number of hydrogen-bond donors (Lipinski definition) is 1. The van der Waals surface area contributed by atoms with Gasteiger partial charge in [-0.2, -0.15) is 14.9 Å². The van der Waals surface area contributed by atoms with Gasteiger partial charge in [-0.1, -0.05) is 44.0 Å². The van der Waals surface area contributed by atoms with E-state index in [2.05, 4.69) is 15.3 Å². The van der Waals surface area contributed by atoms with Crippen LogP contribution in [0.15, 0.2) is 22.0 Å². The van der Waals surface area contributed by atoms with Crippen LogP contribution in [0.4, 0.5) is 0 Å². The predicted molar refractivity (Wildman–Crippen MR) is 98.4 cm³/mol. The number of benzene rings is 1. The highest BCUT2D eigenvalue weighted by molar-refractivity contribution is 7.71. The lowest BCUT2D eigenvalue weighted by molar-refractivity contribution is 0.415. The first-order valence-electron chi connectivity index (χ1n) is 6.94. The van der Waals surface area contributed by atoms with Crippen LogP contribution in [-0.4, -0.2) is 28.2 Å². The van der Waals surface area contributed by atoms with Crippen molar-refractivity contribution in [2.75, 3.05) is 7.11 Å². The molecule has 0 saturated heterocycles. The molecular weight excluding hydrogens is 371 g/mol. The van der Waals surface area contributed by atoms with Gasteiger partial charge in [0.1, 0.15) is 5.69 Å². The zero-order chi connectivity index (χ0) is 18.1. The Balaban J connectivity index is 2.51. The third-order valence-corrected chi connectivity index (χ3v) is 3.93. The first-order chi connectivity index (χ1) is 11.1. The molecule has 0 unspecified atom stereocenters. The number of halogens is 2. The molecule has 1 aromatic heterocycles. The van der Waals surface area contributed by atoms with Crippen LogP contribution in [0.5, 0.6) is 5.75 Å². The van der Waals surface area contributed by atoms with Crippen LogP contribution >= 0.6 is 35.4 Å². The van der Waals surface area contributed by atoms with E-state index in [0.717, 1.165) is 4.68 Å². The Morgan fingerprint density at radius 3 is 2.42 bits per heavy atom. The molecule has 0 bridgehead atoms. The van der Waals surface area contributed by atoms with E-state index < -0.39 is 5.41 Å². The van der Waals surface area contributed by atoms with Crippen molar-refractivity contribution in [1.82, 2.24) is 14.9 Å². The maximum atomic E-state index is 12.5. The second kappa shape index (κ2) is 7.04. The van der Waals surface area contributed by atoms with Gasteiger partial charge in [0.25, 0.3) is 5.56 Å². The van der Waals surface area contributed by atoms with Crippen LogP contribution in [-0.2, 0) is 5.41 Å². The van der Waals surface area contributed by atoms with Gasteiger partial charge in [0.05, 0.1) is 23.4 Å². The third kappa shape index (κ3) is 3.85. The molecule has 9 heteroatoms. The Kier molecular flexibility index (Phi) is 5.47. The van der Waals surface area contributed by atoms with Gasteiger partial charge in [0.2, 0.25) is 4.77 Å². The maximum absolute atomic E-state index is 12.5. The summed E-state index contributed by atoms with van der Waals surface area (Å²) in [5, 5.41) is 11.5. The molecule has 0 radical (unpaired) electrons. The number of hydrogen-bond acceptors (Lipinski definition) is 5. The molecule has 0 spiro atoms. The van der Waals surface area contributed by atoms with E-state index in [1.54, 1.807) is 12.1 Å². The van der Waals surface area contributed by atoms with Gasteiger partial charge in [0.15, 0.2) is 5.75 Å². The molecule has 1 N–H and O–H groups in total. The average molecular weight is 387 g/mol. The Bertz CT molecular complexity index is 890. The topological polar surface area (TPSA) is 72.3 Å². The van der Waals surface area contributed by atoms with E-state index in [0.29, 0.717) is 27.1 Å². The van der Waals surface area contributed by atoms with Crippen LogP contribution in [0.2, 0.25) is 10.0 Å². The molecule has 0 amide bonds. The lowest BCUT2D eigenvalue weighted by atomic mass is 9.93. The summed E-state index contributed by atoms with van der Waals surface area (Å²) in [6.45, 7) is 5.64. The first-order valence-corrected chi connectivity index (χ1v) is 8.11. The van der Waals surface area contributed by atoms with E-state index in [-0.39, 0.29) is 10.3 Å². The standard InChI is InChI=1S/C15H16Cl2N4O2S/c1-15(2,3)12-13(22)21(14(24)20-19-12)18-7-8-5-9(16)11(23-4)10(17)6-8/h5-7H,1-4H3,(H,20,24)/b18-7-. The lowest BCUT2D eigenvalue weighted by Crippen LogP contribution is -2.32. The van der Waals surface area contributed by atoms with E-state index in [1.165, 1.54) is 13.3 Å². The molecule has 0 aliphatic carbocycles. The summed E-state index contributed by atoms with van der Waals surface area (Å²) in [6, 6.07) is 3.25. The molecule has 0 aliphatic rings. The van der Waals surface area contributed by atoms with Crippen molar-refractivity contribution < 1.29 is 4.74 Å². The minimum absolute atomic E-state index is 0.0926. The number of H-pyrrole nitrogens is 1. The zero-order valence-corrected chi connectivity index (χ0v) is 15.9. The van der Waals surface area contributed by atoms with Gasteiger partial charge in [-0.05, 0) is 29.9 Å². The van der Waals surface area contributed by atoms with E-state index >= 15 is 0 Å². The maximum Gasteiger partial charge on any atom is 0.297 e. The van der Waals surface area contributed by atoms with Crippen molar-refractivity contribution in [3.05, 3.63) is 48.6 Å². The highest BCUT2D eigenvalue weighted by Gasteiger charge is 2.21. The van der Waals surface area contributed by atoms with Crippen LogP contribution in [0, 0.1) is 4.77 Å². The molecule has 2 rings (SSSR count). The molecule has 1 heterocycles. The number of nitrogens with zero attached hydrogens (tertiary/aromatic N) is 3. The minimum Gasteiger partial charge on any atom is -0.494 e. The van der Waals surface area contributed by atoms with Crippen molar-refractivity contribution in [3.63, 3.8) is 0 Å². The molecular formula is C15H16Cl2N4O2S. The summed E-state index contributed by atoms with van der Waals surface area (Å²) < 4.78 is 6.26. The average Bonchev–Trinajstić information content (AvgIpc) is 2.45. The molecule has 2 aromatic rings. The molecule has 6 nitrogen and oxygen atoms in total. The van der Waals surface area contributed by atoms with Gasteiger partial charge in [-0.15, -0.1) is 0 Å². The van der Waals surface area contributed by atoms with Gasteiger partial charge in [0, 0.05) is 5.41 Å². The van der Waals surface area contributed by atoms with E-state index in [9.17, 15) is 4.79 Å². The SMILES string of the molecule is COc1c(Cl)cc(/C=N\n2c(=S)[nH]nc(C(C)(C)C)c2=O)cc1Cl. The lowest BCUT2D eigenvalue weighted by Gasteiger charge is -2.16. The Labute approximate surface area is 154 Å². The summed E-state index contributed by atoms with van der Waals surface area (Å²) in [5.41, 5.74) is 0.106. The number of aromatic nitrogens is 3. The fraction of sp³-hybridized carbons (Fsp3) is 0.333. The van der Waals surface area contributed by atoms with Crippen LogP contribution in [0.3, 0.4) is 0 Å². The van der Waals surface area contributed by atoms with Crippen LogP contribution < -0.4 is 10.3 Å². The van der Waals surface area contributed by atoms with Crippen molar-refractivity contribution >= 4 is 41.6 Å². The van der Waals surface area contributed by atoms with E-state index in [4.69, 9.17) is 40.2 Å². The van der Waals surface area contributed by atoms with Crippen molar-refractivity contribution in [3.8, 4) is 5.75 Å². The fourth-order valence-corrected chi connectivity index (χ4v) is 2.79.